The molecular formula is C17H34N2. The molecule has 1 aliphatic heterocycles. The van der Waals surface area contributed by atoms with Crippen LogP contribution in [0.4, 0.5) is 0 Å². The summed E-state index contributed by atoms with van der Waals surface area (Å²) in [5, 5.41) is 3.76. The van der Waals surface area contributed by atoms with Gasteiger partial charge in [-0.2, -0.15) is 0 Å². The Morgan fingerprint density at radius 1 is 1.16 bits per heavy atom. The van der Waals surface area contributed by atoms with Crippen molar-refractivity contribution in [1.29, 1.82) is 0 Å². The predicted octanol–water partition coefficient (Wildman–Crippen LogP) is 3.52. The molecule has 2 rings (SSSR count). The fourth-order valence-corrected chi connectivity index (χ4v) is 4.29. The molecule has 0 aromatic heterocycles. The van der Waals surface area contributed by atoms with E-state index in [4.69, 9.17) is 0 Å². The summed E-state index contributed by atoms with van der Waals surface area (Å²) in [5.74, 6) is 2.83. The van der Waals surface area contributed by atoms with Crippen LogP contribution in [-0.4, -0.2) is 37.1 Å². The molecule has 2 heteroatoms. The van der Waals surface area contributed by atoms with E-state index in [1.54, 1.807) is 0 Å². The van der Waals surface area contributed by atoms with Crippen LogP contribution in [-0.2, 0) is 0 Å². The molecule has 0 bridgehead atoms. The van der Waals surface area contributed by atoms with Crippen LogP contribution in [0.1, 0.15) is 59.3 Å². The van der Waals surface area contributed by atoms with Crippen molar-refractivity contribution in [1.82, 2.24) is 10.2 Å². The molecule has 0 aromatic carbocycles. The fraction of sp³-hybridized carbons (Fsp3) is 1.00. The largest absolute Gasteiger partial charge is 0.314 e. The first-order chi connectivity index (χ1) is 9.22. The molecule has 1 saturated carbocycles. The van der Waals surface area contributed by atoms with Gasteiger partial charge in [-0.15, -0.1) is 0 Å². The molecule has 1 N–H and O–H groups in total. The average Bonchev–Trinajstić information content (AvgIpc) is 2.79. The molecule has 2 aliphatic rings. The molecule has 112 valence electrons. The standard InChI is InChI=1S/C17H34N2/c1-4-6-15-7-8-17(18-5-2)16(11-15)13-19-10-9-14(3)12-19/h14-18H,4-13H2,1-3H3. The lowest BCUT2D eigenvalue weighted by molar-refractivity contribution is 0.148. The lowest BCUT2D eigenvalue weighted by Gasteiger charge is -2.38. The molecule has 0 amide bonds. The Labute approximate surface area is 120 Å². The third-order valence-electron chi connectivity index (χ3n) is 5.25. The second kappa shape index (κ2) is 7.64. The van der Waals surface area contributed by atoms with Crippen molar-refractivity contribution in [3.05, 3.63) is 0 Å². The van der Waals surface area contributed by atoms with Crippen LogP contribution in [0.3, 0.4) is 0 Å². The summed E-state index contributed by atoms with van der Waals surface area (Å²) in [7, 11) is 0. The van der Waals surface area contributed by atoms with E-state index in [0.29, 0.717) is 0 Å². The summed E-state index contributed by atoms with van der Waals surface area (Å²) in [6.45, 7) is 12.2. The monoisotopic (exact) mass is 266 g/mol. The third-order valence-corrected chi connectivity index (χ3v) is 5.25. The first-order valence-electron chi connectivity index (χ1n) is 8.68. The van der Waals surface area contributed by atoms with Crippen molar-refractivity contribution in [3.63, 3.8) is 0 Å². The quantitative estimate of drug-likeness (QED) is 0.791. The number of nitrogens with one attached hydrogen (secondary N) is 1. The van der Waals surface area contributed by atoms with Gasteiger partial charge in [0.1, 0.15) is 0 Å². The smallest absolute Gasteiger partial charge is 0.0108 e. The minimum atomic E-state index is 0.786. The minimum Gasteiger partial charge on any atom is -0.314 e. The molecule has 19 heavy (non-hydrogen) atoms. The number of hydrogen-bond donors (Lipinski definition) is 1. The van der Waals surface area contributed by atoms with Crippen LogP contribution in [0.15, 0.2) is 0 Å². The lowest BCUT2D eigenvalue weighted by Crippen LogP contribution is -2.45. The average molecular weight is 266 g/mol. The Balaban J connectivity index is 1.87. The second-order valence-electron chi connectivity index (χ2n) is 7.05. The highest BCUT2D eigenvalue weighted by atomic mass is 15.1. The first kappa shape index (κ1) is 15.3. The molecule has 1 aliphatic carbocycles. The molecule has 1 saturated heterocycles. The van der Waals surface area contributed by atoms with Gasteiger partial charge in [0.15, 0.2) is 0 Å². The van der Waals surface area contributed by atoms with Gasteiger partial charge in [-0.25, -0.2) is 0 Å². The highest BCUT2D eigenvalue weighted by Crippen LogP contribution is 2.33. The molecule has 0 spiro atoms. The Bertz CT molecular complexity index is 254. The second-order valence-corrected chi connectivity index (χ2v) is 7.05. The van der Waals surface area contributed by atoms with Gasteiger partial charge in [0.05, 0.1) is 0 Å². The van der Waals surface area contributed by atoms with Crippen LogP contribution in [0.25, 0.3) is 0 Å². The van der Waals surface area contributed by atoms with Crippen molar-refractivity contribution in [2.45, 2.75) is 65.3 Å². The number of hydrogen-bond acceptors (Lipinski definition) is 2. The van der Waals surface area contributed by atoms with E-state index in [9.17, 15) is 0 Å². The summed E-state index contributed by atoms with van der Waals surface area (Å²) in [6, 6.07) is 0.786. The number of nitrogens with zero attached hydrogens (tertiary/aromatic N) is 1. The molecule has 4 atom stereocenters. The van der Waals surface area contributed by atoms with Crippen LogP contribution in [0.2, 0.25) is 0 Å². The summed E-state index contributed by atoms with van der Waals surface area (Å²) in [6.07, 6.45) is 8.56. The zero-order valence-electron chi connectivity index (χ0n) is 13.3. The molecular weight excluding hydrogens is 232 g/mol. The molecule has 2 nitrogen and oxygen atoms in total. The zero-order valence-corrected chi connectivity index (χ0v) is 13.3. The highest BCUT2D eigenvalue weighted by molar-refractivity contribution is 4.87. The van der Waals surface area contributed by atoms with E-state index in [2.05, 4.69) is 31.0 Å². The third kappa shape index (κ3) is 4.46. The highest BCUT2D eigenvalue weighted by Gasteiger charge is 2.32. The summed E-state index contributed by atoms with van der Waals surface area (Å²) in [4.78, 5) is 2.73. The number of likely N-dealkylation sites (tertiary alicyclic amines) is 1. The van der Waals surface area contributed by atoms with Crippen molar-refractivity contribution in [2.24, 2.45) is 17.8 Å². The normalized spacial score (nSPS) is 36.8. The summed E-state index contributed by atoms with van der Waals surface area (Å²) < 4.78 is 0. The predicted molar refractivity (Wildman–Crippen MR) is 83.4 cm³/mol. The van der Waals surface area contributed by atoms with Gasteiger partial charge in [0.2, 0.25) is 0 Å². The maximum absolute atomic E-state index is 3.76. The zero-order chi connectivity index (χ0) is 13.7. The van der Waals surface area contributed by atoms with E-state index < -0.39 is 0 Å². The van der Waals surface area contributed by atoms with E-state index in [0.717, 1.165) is 30.3 Å². The van der Waals surface area contributed by atoms with Crippen LogP contribution < -0.4 is 5.32 Å². The topological polar surface area (TPSA) is 15.3 Å². The van der Waals surface area contributed by atoms with Gasteiger partial charge in [-0.3, -0.25) is 0 Å². The van der Waals surface area contributed by atoms with Crippen molar-refractivity contribution in [2.75, 3.05) is 26.2 Å². The SMILES string of the molecule is CCCC1CCC(NCC)C(CN2CCC(C)C2)C1. The van der Waals surface area contributed by atoms with E-state index in [1.165, 1.54) is 58.2 Å². The minimum absolute atomic E-state index is 0.786. The van der Waals surface area contributed by atoms with E-state index >= 15 is 0 Å². The van der Waals surface area contributed by atoms with Crippen LogP contribution in [0, 0.1) is 17.8 Å². The molecule has 0 aromatic rings. The van der Waals surface area contributed by atoms with Gasteiger partial charge >= 0.3 is 0 Å². The van der Waals surface area contributed by atoms with Crippen molar-refractivity contribution in [3.8, 4) is 0 Å². The molecule has 2 fully saturated rings. The van der Waals surface area contributed by atoms with Gasteiger partial charge in [-0.05, 0) is 56.5 Å². The Morgan fingerprint density at radius 2 is 2.00 bits per heavy atom. The Kier molecular flexibility index (Phi) is 6.15. The van der Waals surface area contributed by atoms with E-state index in [-0.39, 0.29) is 0 Å². The maximum Gasteiger partial charge on any atom is 0.0108 e. The van der Waals surface area contributed by atoms with Crippen molar-refractivity contribution < 1.29 is 0 Å². The van der Waals surface area contributed by atoms with Crippen LogP contribution in [0.5, 0.6) is 0 Å². The first-order valence-corrected chi connectivity index (χ1v) is 8.68. The maximum atomic E-state index is 3.76. The molecule has 0 radical (unpaired) electrons. The van der Waals surface area contributed by atoms with Crippen molar-refractivity contribution >= 4 is 0 Å². The molecule has 4 unspecified atom stereocenters. The van der Waals surface area contributed by atoms with Gasteiger partial charge in [0.25, 0.3) is 0 Å². The molecule has 1 heterocycles. The van der Waals surface area contributed by atoms with E-state index in [1.807, 2.05) is 0 Å². The van der Waals surface area contributed by atoms with Gasteiger partial charge in [-0.1, -0.05) is 33.6 Å². The van der Waals surface area contributed by atoms with Crippen LogP contribution >= 0.6 is 0 Å². The summed E-state index contributed by atoms with van der Waals surface area (Å²) in [5.41, 5.74) is 0. The van der Waals surface area contributed by atoms with Gasteiger partial charge in [0, 0.05) is 19.1 Å². The number of rotatable bonds is 6. The Morgan fingerprint density at radius 3 is 2.63 bits per heavy atom. The lowest BCUT2D eigenvalue weighted by atomic mass is 9.76. The fourth-order valence-electron chi connectivity index (χ4n) is 4.29. The van der Waals surface area contributed by atoms with Gasteiger partial charge < -0.3 is 10.2 Å². The summed E-state index contributed by atoms with van der Waals surface area (Å²) >= 11 is 0. The Hall–Kier alpha value is -0.0800.